The van der Waals surface area contributed by atoms with Gasteiger partial charge in [-0.3, -0.25) is 0 Å². The fourth-order valence-electron chi connectivity index (χ4n) is 1.56. The number of rotatable bonds is 4. The fourth-order valence-corrected chi connectivity index (χ4v) is 6.18. The van der Waals surface area contributed by atoms with Gasteiger partial charge in [0.2, 0.25) is 0 Å². The summed E-state index contributed by atoms with van der Waals surface area (Å²) >= 11 is 6.79. The summed E-state index contributed by atoms with van der Waals surface area (Å²) in [5.74, 6) is 0. The van der Waals surface area contributed by atoms with Crippen molar-refractivity contribution in [1.29, 1.82) is 0 Å². The number of unbranched alkanes of at least 4 members (excludes halogenated alkanes) is 1. The molecule has 0 N–H and O–H groups in total. The van der Waals surface area contributed by atoms with Crippen LogP contribution in [0.2, 0.25) is 0 Å². The quantitative estimate of drug-likeness (QED) is 0.555. The minimum Gasteiger partial charge on any atom is -0.123 e. The molecule has 14 heavy (non-hydrogen) atoms. The molecule has 0 spiro atoms. The maximum absolute atomic E-state index is 2.47. The van der Waals surface area contributed by atoms with Gasteiger partial charge in [0.15, 0.2) is 0 Å². The molecule has 0 nitrogen and oxygen atoms in total. The van der Waals surface area contributed by atoms with E-state index < -0.39 is 0 Å². The highest BCUT2D eigenvalue weighted by atomic mass is 127. The molecule has 0 bridgehead atoms. The predicted octanol–water partition coefficient (Wildman–Crippen LogP) is 5.43. The van der Waals surface area contributed by atoms with Gasteiger partial charge in [-0.25, -0.2) is 0 Å². The molecule has 80 valence electrons. The Morgan fingerprint density at radius 2 is 2.00 bits per heavy atom. The van der Waals surface area contributed by atoms with Crippen molar-refractivity contribution in [2.45, 2.75) is 45.4 Å². The van der Waals surface area contributed by atoms with Gasteiger partial charge in [-0.2, -0.15) is 0 Å². The average molecular weight is 434 g/mol. The van der Waals surface area contributed by atoms with Crippen LogP contribution in [0, 0.1) is 5.77 Å². The zero-order valence-corrected chi connectivity index (χ0v) is 14.0. The van der Waals surface area contributed by atoms with Gasteiger partial charge >= 0.3 is 0 Å². The SMILES string of the molecule is CCCCC(C)(C)c1cc(I)sc1I. The second-order valence-electron chi connectivity index (χ2n) is 4.23. The smallest absolute Gasteiger partial charge is 0.0702 e. The molecule has 3 heteroatoms. The average Bonchev–Trinajstić information content (AvgIpc) is 2.42. The summed E-state index contributed by atoms with van der Waals surface area (Å²) in [6, 6.07) is 2.35. The third kappa shape index (κ3) is 3.33. The Morgan fingerprint density at radius 3 is 2.43 bits per heavy atom. The molecular weight excluding hydrogens is 418 g/mol. The second kappa shape index (κ2) is 5.48. The highest BCUT2D eigenvalue weighted by molar-refractivity contribution is 14.1. The van der Waals surface area contributed by atoms with Crippen molar-refractivity contribution >= 4 is 56.5 Å². The van der Waals surface area contributed by atoms with Crippen molar-refractivity contribution in [3.05, 3.63) is 17.4 Å². The lowest BCUT2D eigenvalue weighted by Crippen LogP contribution is -2.17. The Bertz CT molecular complexity index is 302. The molecule has 1 heterocycles. The maximum Gasteiger partial charge on any atom is 0.0702 e. The normalized spacial score (nSPS) is 12.1. The molecule has 0 saturated carbocycles. The van der Waals surface area contributed by atoms with Crippen LogP contribution in [0.1, 0.15) is 45.6 Å². The van der Waals surface area contributed by atoms with Crippen molar-refractivity contribution in [3.63, 3.8) is 0 Å². The van der Waals surface area contributed by atoms with Gasteiger partial charge in [0.1, 0.15) is 0 Å². The van der Waals surface area contributed by atoms with Crippen LogP contribution in [-0.4, -0.2) is 0 Å². The van der Waals surface area contributed by atoms with Crippen molar-refractivity contribution < 1.29 is 0 Å². The van der Waals surface area contributed by atoms with Crippen molar-refractivity contribution in [2.24, 2.45) is 0 Å². The third-order valence-corrected chi connectivity index (χ3v) is 5.47. The Balaban J connectivity index is 2.85. The molecule has 1 rings (SSSR count). The van der Waals surface area contributed by atoms with E-state index in [4.69, 9.17) is 0 Å². The van der Waals surface area contributed by atoms with Crippen molar-refractivity contribution in [2.75, 3.05) is 0 Å². The Labute approximate surface area is 118 Å². The molecule has 0 aliphatic heterocycles. The molecule has 0 fully saturated rings. The van der Waals surface area contributed by atoms with Gasteiger partial charge in [-0.05, 0) is 68.6 Å². The van der Waals surface area contributed by atoms with E-state index in [0.29, 0.717) is 5.41 Å². The number of hydrogen-bond donors (Lipinski definition) is 0. The van der Waals surface area contributed by atoms with Crippen LogP contribution in [0.25, 0.3) is 0 Å². The molecule has 0 aromatic carbocycles. The van der Waals surface area contributed by atoms with Gasteiger partial charge < -0.3 is 0 Å². The standard InChI is InChI=1S/C11H16I2S/c1-4-5-6-11(2,3)8-7-9(12)14-10(8)13/h7H,4-6H2,1-3H3. The van der Waals surface area contributed by atoms with Crippen molar-refractivity contribution in [3.8, 4) is 0 Å². The molecule has 0 saturated heterocycles. The first-order chi connectivity index (χ1) is 6.47. The van der Waals surface area contributed by atoms with Gasteiger partial charge in [0, 0.05) is 0 Å². The summed E-state index contributed by atoms with van der Waals surface area (Å²) in [5, 5.41) is 0. The highest BCUT2D eigenvalue weighted by Crippen LogP contribution is 2.37. The largest absolute Gasteiger partial charge is 0.123 e. The molecule has 0 unspecified atom stereocenters. The Morgan fingerprint density at radius 1 is 1.36 bits per heavy atom. The molecule has 1 aromatic heterocycles. The summed E-state index contributed by atoms with van der Waals surface area (Å²) in [7, 11) is 0. The van der Waals surface area contributed by atoms with E-state index >= 15 is 0 Å². The van der Waals surface area contributed by atoms with E-state index in [1.54, 1.807) is 5.56 Å². The molecule has 0 aliphatic carbocycles. The van der Waals surface area contributed by atoms with E-state index in [9.17, 15) is 0 Å². The van der Waals surface area contributed by atoms with Crippen molar-refractivity contribution in [1.82, 2.24) is 0 Å². The van der Waals surface area contributed by atoms with Gasteiger partial charge in [-0.1, -0.05) is 33.6 Å². The fraction of sp³-hybridized carbons (Fsp3) is 0.636. The number of thiophene rings is 1. The molecule has 0 amide bonds. The van der Waals surface area contributed by atoms with Gasteiger partial charge in [0.25, 0.3) is 0 Å². The Hall–Kier alpha value is 1.16. The van der Waals surface area contributed by atoms with Crippen LogP contribution in [-0.2, 0) is 5.41 Å². The summed E-state index contributed by atoms with van der Waals surface area (Å²) in [5.41, 5.74) is 1.90. The molecular formula is C11H16I2S. The van der Waals surface area contributed by atoms with E-state index in [1.807, 2.05) is 11.3 Å². The van der Waals surface area contributed by atoms with Crippen LogP contribution in [0.4, 0.5) is 0 Å². The molecule has 0 radical (unpaired) electrons. The van der Waals surface area contributed by atoms with E-state index in [0.717, 1.165) is 0 Å². The molecule has 1 aromatic rings. The lowest BCUT2D eigenvalue weighted by atomic mass is 9.82. The molecule has 0 aliphatic rings. The summed E-state index contributed by atoms with van der Waals surface area (Å²) in [6.45, 7) is 6.99. The van der Waals surface area contributed by atoms with E-state index in [-0.39, 0.29) is 0 Å². The van der Waals surface area contributed by atoms with Crippen LogP contribution in [0.5, 0.6) is 0 Å². The third-order valence-electron chi connectivity index (χ3n) is 2.54. The zero-order valence-electron chi connectivity index (χ0n) is 8.86. The van der Waals surface area contributed by atoms with Crippen LogP contribution in [0.15, 0.2) is 6.07 Å². The van der Waals surface area contributed by atoms with Crippen LogP contribution < -0.4 is 0 Å². The maximum atomic E-state index is 2.47. The monoisotopic (exact) mass is 434 g/mol. The Kier molecular flexibility index (Phi) is 5.17. The minimum absolute atomic E-state index is 0.354. The van der Waals surface area contributed by atoms with E-state index in [1.165, 1.54) is 25.0 Å². The lowest BCUT2D eigenvalue weighted by Gasteiger charge is -2.24. The van der Waals surface area contributed by atoms with Crippen LogP contribution >= 0.6 is 56.5 Å². The first kappa shape index (κ1) is 13.2. The minimum atomic E-state index is 0.354. The van der Waals surface area contributed by atoms with Crippen LogP contribution in [0.3, 0.4) is 0 Å². The van der Waals surface area contributed by atoms with E-state index in [2.05, 4.69) is 72.0 Å². The predicted molar refractivity (Wildman–Crippen MR) is 82.3 cm³/mol. The first-order valence-corrected chi connectivity index (χ1v) is 7.90. The molecule has 0 atom stereocenters. The number of hydrogen-bond acceptors (Lipinski definition) is 1. The van der Waals surface area contributed by atoms with Gasteiger partial charge in [0.05, 0.1) is 5.77 Å². The second-order valence-corrected chi connectivity index (χ2v) is 8.98. The summed E-state index contributed by atoms with van der Waals surface area (Å²) < 4.78 is 2.87. The first-order valence-electron chi connectivity index (χ1n) is 4.92. The number of halogens is 2. The van der Waals surface area contributed by atoms with Gasteiger partial charge in [-0.15, -0.1) is 11.3 Å². The zero-order chi connectivity index (χ0) is 10.8. The summed E-state index contributed by atoms with van der Waals surface area (Å²) in [4.78, 5) is 0. The highest BCUT2D eigenvalue weighted by Gasteiger charge is 2.24. The summed E-state index contributed by atoms with van der Waals surface area (Å²) in [6.07, 6.45) is 3.92. The topological polar surface area (TPSA) is 0 Å². The lowest BCUT2D eigenvalue weighted by molar-refractivity contribution is 0.457.